The number of para-hydroxylation sites is 1. The second kappa shape index (κ2) is 5.43. The van der Waals surface area contributed by atoms with Crippen LogP contribution in [-0.2, 0) is 9.59 Å². The highest BCUT2D eigenvalue weighted by Crippen LogP contribution is 2.36. The highest BCUT2D eigenvalue weighted by Gasteiger charge is 2.34. The van der Waals surface area contributed by atoms with E-state index in [0.29, 0.717) is 13.1 Å². The van der Waals surface area contributed by atoms with Crippen LogP contribution in [0.25, 0.3) is 0 Å². The Bertz CT molecular complexity index is 495. The van der Waals surface area contributed by atoms with Gasteiger partial charge in [0.15, 0.2) is 0 Å². The van der Waals surface area contributed by atoms with Gasteiger partial charge in [0.1, 0.15) is 0 Å². The van der Waals surface area contributed by atoms with E-state index in [1.807, 2.05) is 38.1 Å². The summed E-state index contributed by atoms with van der Waals surface area (Å²) < 4.78 is 0. The van der Waals surface area contributed by atoms with Gasteiger partial charge in [-0.3, -0.25) is 9.59 Å². The number of carbonyl (C=O) groups is 2. The second-order valence-corrected chi connectivity index (χ2v) is 4.78. The van der Waals surface area contributed by atoms with Crippen LogP contribution in [0.3, 0.4) is 0 Å². The summed E-state index contributed by atoms with van der Waals surface area (Å²) in [5.41, 5.74) is 1.81. The molecule has 1 aliphatic heterocycles. The minimum absolute atomic E-state index is 0.00389. The molecule has 0 fully saturated rings. The van der Waals surface area contributed by atoms with Crippen molar-refractivity contribution < 1.29 is 9.59 Å². The van der Waals surface area contributed by atoms with Crippen LogP contribution in [-0.4, -0.2) is 36.9 Å². The minimum atomic E-state index is -0.334. The van der Waals surface area contributed by atoms with Crippen LogP contribution in [0.2, 0.25) is 0 Å². The maximum absolute atomic E-state index is 12.5. The van der Waals surface area contributed by atoms with Crippen LogP contribution >= 0.6 is 0 Å². The highest BCUT2D eigenvalue weighted by atomic mass is 16.2. The van der Waals surface area contributed by atoms with Gasteiger partial charge in [0.25, 0.3) is 0 Å². The van der Waals surface area contributed by atoms with Crippen molar-refractivity contribution in [3.63, 3.8) is 0 Å². The van der Waals surface area contributed by atoms with Crippen molar-refractivity contribution in [2.24, 2.45) is 0 Å². The summed E-state index contributed by atoms with van der Waals surface area (Å²) in [7, 11) is 1.76. The lowest BCUT2D eigenvalue weighted by Gasteiger charge is -2.33. The fourth-order valence-electron chi connectivity index (χ4n) is 2.62. The number of hydrogen-bond donors (Lipinski definition) is 0. The van der Waals surface area contributed by atoms with E-state index in [9.17, 15) is 9.59 Å². The van der Waals surface area contributed by atoms with Gasteiger partial charge in [-0.15, -0.1) is 0 Å². The van der Waals surface area contributed by atoms with Gasteiger partial charge in [-0.1, -0.05) is 18.2 Å². The molecule has 2 rings (SSSR count). The monoisotopic (exact) mass is 260 g/mol. The quantitative estimate of drug-likeness (QED) is 0.834. The lowest BCUT2D eigenvalue weighted by atomic mass is 9.88. The lowest BCUT2D eigenvalue weighted by Crippen LogP contribution is -2.41. The molecule has 1 atom stereocenters. The minimum Gasteiger partial charge on any atom is -0.343 e. The Morgan fingerprint density at radius 2 is 1.95 bits per heavy atom. The molecule has 0 spiro atoms. The van der Waals surface area contributed by atoms with Crippen molar-refractivity contribution in [3.05, 3.63) is 29.8 Å². The van der Waals surface area contributed by atoms with Crippen molar-refractivity contribution in [1.82, 2.24) is 4.90 Å². The third-order valence-corrected chi connectivity index (χ3v) is 3.80. The molecule has 1 aliphatic rings. The van der Waals surface area contributed by atoms with Gasteiger partial charge in [0, 0.05) is 32.2 Å². The van der Waals surface area contributed by atoms with Crippen molar-refractivity contribution in [1.29, 1.82) is 0 Å². The molecule has 0 bridgehead atoms. The summed E-state index contributed by atoms with van der Waals surface area (Å²) in [5.74, 6) is -0.275. The van der Waals surface area contributed by atoms with E-state index >= 15 is 0 Å². The van der Waals surface area contributed by atoms with Crippen molar-refractivity contribution in [3.8, 4) is 0 Å². The number of rotatable bonds is 3. The highest BCUT2D eigenvalue weighted by molar-refractivity contribution is 6.02. The molecule has 2 amide bonds. The Labute approximate surface area is 114 Å². The van der Waals surface area contributed by atoms with Gasteiger partial charge in [-0.05, 0) is 25.5 Å². The first-order valence-electron chi connectivity index (χ1n) is 6.74. The van der Waals surface area contributed by atoms with Gasteiger partial charge in [0.2, 0.25) is 11.8 Å². The number of anilines is 1. The Balaban J connectivity index is 2.40. The first-order valence-corrected chi connectivity index (χ1v) is 6.74. The van der Waals surface area contributed by atoms with Crippen molar-refractivity contribution in [2.45, 2.75) is 26.2 Å². The average Bonchev–Trinajstić information content (AvgIpc) is 2.44. The van der Waals surface area contributed by atoms with E-state index in [1.165, 1.54) is 0 Å². The largest absolute Gasteiger partial charge is 0.343 e. The van der Waals surface area contributed by atoms with Gasteiger partial charge in [-0.2, -0.15) is 0 Å². The van der Waals surface area contributed by atoms with Crippen molar-refractivity contribution >= 4 is 17.5 Å². The molecule has 19 heavy (non-hydrogen) atoms. The van der Waals surface area contributed by atoms with E-state index in [-0.39, 0.29) is 24.2 Å². The second-order valence-electron chi connectivity index (χ2n) is 4.78. The smallest absolute Gasteiger partial charge is 0.230 e. The molecule has 4 heteroatoms. The molecule has 1 unspecified atom stereocenters. The maximum Gasteiger partial charge on any atom is 0.230 e. The Morgan fingerprint density at radius 1 is 1.32 bits per heavy atom. The summed E-state index contributed by atoms with van der Waals surface area (Å²) in [6, 6.07) is 7.66. The first kappa shape index (κ1) is 13.6. The molecule has 0 aliphatic carbocycles. The zero-order valence-electron chi connectivity index (χ0n) is 11.7. The molecule has 0 saturated heterocycles. The van der Waals surface area contributed by atoms with Crippen LogP contribution in [0.5, 0.6) is 0 Å². The average molecular weight is 260 g/mol. The van der Waals surface area contributed by atoms with Gasteiger partial charge in [-0.25, -0.2) is 0 Å². The third-order valence-electron chi connectivity index (χ3n) is 3.80. The number of amides is 2. The molecule has 0 N–H and O–H groups in total. The normalized spacial score (nSPS) is 18.2. The third kappa shape index (κ3) is 2.35. The van der Waals surface area contributed by atoms with Gasteiger partial charge >= 0.3 is 0 Å². The summed E-state index contributed by atoms with van der Waals surface area (Å²) in [4.78, 5) is 28.0. The van der Waals surface area contributed by atoms with E-state index in [0.717, 1.165) is 11.3 Å². The lowest BCUT2D eigenvalue weighted by molar-refractivity contribution is -0.135. The Morgan fingerprint density at radius 3 is 2.58 bits per heavy atom. The molecule has 1 aromatic rings. The SMILES string of the molecule is CCN(CC)C(=O)C1CC(=O)N(C)c2ccccc21. The van der Waals surface area contributed by atoms with Crippen LogP contribution in [0.4, 0.5) is 5.69 Å². The predicted octanol–water partition coefficient (Wildman–Crippen LogP) is 2.01. The molecule has 1 heterocycles. The molecule has 102 valence electrons. The number of carbonyl (C=O) groups excluding carboxylic acids is 2. The van der Waals surface area contributed by atoms with Crippen LogP contribution in [0, 0.1) is 0 Å². The topological polar surface area (TPSA) is 40.6 Å². The molecular formula is C15H20N2O2. The van der Waals surface area contributed by atoms with E-state index in [4.69, 9.17) is 0 Å². The number of fused-ring (bicyclic) bond motifs is 1. The standard InChI is InChI=1S/C15H20N2O2/c1-4-17(5-2)15(19)12-10-14(18)16(3)13-9-7-6-8-11(12)13/h6-9,12H,4-5,10H2,1-3H3. The molecular weight excluding hydrogens is 240 g/mol. The summed E-state index contributed by atoms with van der Waals surface area (Å²) >= 11 is 0. The molecule has 0 aromatic heterocycles. The molecule has 1 aromatic carbocycles. The summed E-state index contributed by atoms with van der Waals surface area (Å²) in [6.07, 6.45) is 0.267. The van der Waals surface area contributed by atoms with Crippen molar-refractivity contribution in [2.75, 3.05) is 25.0 Å². The Kier molecular flexibility index (Phi) is 3.88. The van der Waals surface area contributed by atoms with Gasteiger partial charge in [0.05, 0.1) is 5.92 Å². The molecule has 0 saturated carbocycles. The van der Waals surface area contributed by atoms with Crippen LogP contribution in [0.1, 0.15) is 31.7 Å². The summed E-state index contributed by atoms with van der Waals surface area (Å²) in [5, 5.41) is 0. The van der Waals surface area contributed by atoms with Crippen LogP contribution < -0.4 is 4.90 Å². The van der Waals surface area contributed by atoms with E-state index < -0.39 is 0 Å². The van der Waals surface area contributed by atoms with Gasteiger partial charge < -0.3 is 9.80 Å². The summed E-state index contributed by atoms with van der Waals surface area (Å²) in [6.45, 7) is 5.28. The zero-order valence-corrected chi connectivity index (χ0v) is 11.7. The van der Waals surface area contributed by atoms with E-state index in [2.05, 4.69) is 0 Å². The Hall–Kier alpha value is -1.84. The maximum atomic E-state index is 12.5. The number of benzene rings is 1. The fraction of sp³-hybridized carbons (Fsp3) is 0.467. The van der Waals surface area contributed by atoms with Crippen LogP contribution in [0.15, 0.2) is 24.3 Å². The first-order chi connectivity index (χ1) is 9.10. The number of likely N-dealkylation sites (N-methyl/N-ethyl adjacent to an activating group) is 1. The number of hydrogen-bond acceptors (Lipinski definition) is 2. The molecule has 0 radical (unpaired) electrons. The molecule has 4 nitrogen and oxygen atoms in total. The predicted molar refractivity (Wildman–Crippen MR) is 75.1 cm³/mol. The van der Waals surface area contributed by atoms with E-state index in [1.54, 1.807) is 16.8 Å². The fourth-order valence-corrected chi connectivity index (χ4v) is 2.62. The zero-order chi connectivity index (χ0) is 14.0. The number of nitrogens with zero attached hydrogens (tertiary/aromatic N) is 2.